The summed E-state index contributed by atoms with van der Waals surface area (Å²) in [4.78, 5) is 4.73. The average molecular weight is 362 g/mol. The third-order valence-corrected chi connectivity index (χ3v) is 5.39. The molecule has 0 radical (unpaired) electrons. The monoisotopic (exact) mass is 362 g/mol. The molecule has 0 aliphatic rings. The van der Waals surface area contributed by atoms with Crippen LogP contribution in [-0.4, -0.2) is 19.7 Å². The van der Waals surface area contributed by atoms with Crippen molar-refractivity contribution in [1.29, 1.82) is 0 Å². The summed E-state index contributed by atoms with van der Waals surface area (Å²) in [7, 11) is -3.21. The van der Waals surface area contributed by atoms with E-state index in [1.807, 2.05) is 5.38 Å². The van der Waals surface area contributed by atoms with Crippen molar-refractivity contribution in [3.63, 3.8) is 0 Å². The second kappa shape index (κ2) is 6.33. The number of nitrogens with one attached hydrogen (secondary N) is 1. The fraction of sp³-hybridized carbons (Fsp3) is 0.118. The van der Waals surface area contributed by atoms with Gasteiger partial charge in [0.2, 0.25) is 0 Å². The highest BCUT2D eigenvalue weighted by atomic mass is 32.2. The van der Waals surface area contributed by atoms with Crippen LogP contribution in [0.2, 0.25) is 0 Å². The van der Waals surface area contributed by atoms with Gasteiger partial charge in [-0.2, -0.15) is 0 Å². The predicted octanol–water partition coefficient (Wildman–Crippen LogP) is 4.40. The van der Waals surface area contributed by atoms with Gasteiger partial charge in [-0.05, 0) is 36.8 Å². The number of aromatic nitrogens is 1. The molecule has 0 bridgehead atoms. The zero-order chi connectivity index (χ0) is 17.3. The van der Waals surface area contributed by atoms with Crippen molar-refractivity contribution in [1.82, 2.24) is 4.98 Å². The fourth-order valence-corrected chi connectivity index (χ4v) is 3.50. The summed E-state index contributed by atoms with van der Waals surface area (Å²) in [5.74, 6) is -0.270. The smallest absolute Gasteiger partial charge is 0.187 e. The molecule has 0 atom stereocenters. The van der Waals surface area contributed by atoms with Gasteiger partial charge in [-0.1, -0.05) is 18.2 Å². The van der Waals surface area contributed by atoms with Crippen molar-refractivity contribution in [3.05, 3.63) is 59.2 Å². The van der Waals surface area contributed by atoms with Crippen molar-refractivity contribution in [2.75, 3.05) is 11.6 Å². The van der Waals surface area contributed by atoms with E-state index in [0.29, 0.717) is 16.4 Å². The molecule has 0 aliphatic heterocycles. The molecule has 0 fully saturated rings. The minimum absolute atomic E-state index is 0.270. The fourth-order valence-electron chi connectivity index (χ4n) is 2.13. The molecule has 1 N–H and O–H groups in total. The van der Waals surface area contributed by atoms with Crippen LogP contribution in [0.1, 0.15) is 5.56 Å². The van der Waals surface area contributed by atoms with E-state index >= 15 is 0 Å². The Morgan fingerprint density at radius 2 is 1.83 bits per heavy atom. The van der Waals surface area contributed by atoms with Crippen LogP contribution in [0.3, 0.4) is 0 Å². The van der Waals surface area contributed by atoms with E-state index in [1.54, 1.807) is 43.3 Å². The summed E-state index contributed by atoms with van der Waals surface area (Å²) in [5.41, 5.74) is 2.77. The van der Waals surface area contributed by atoms with Gasteiger partial charge in [0.05, 0.1) is 10.6 Å². The molecular formula is C17H15FN2O2S2. The summed E-state index contributed by atoms with van der Waals surface area (Å²) in [6, 6.07) is 11.5. The number of nitrogens with zero attached hydrogens (tertiary/aromatic N) is 1. The summed E-state index contributed by atoms with van der Waals surface area (Å²) in [6.07, 6.45) is 1.17. The van der Waals surface area contributed by atoms with Gasteiger partial charge in [0, 0.05) is 22.9 Å². The number of anilines is 2. The first kappa shape index (κ1) is 16.6. The molecule has 1 heterocycles. The molecule has 4 nitrogen and oxygen atoms in total. The molecular weight excluding hydrogens is 347 g/mol. The van der Waals surface area contributed by atoms with Crippen molar-refractivity contribution < 1.29 is 12.8 Å². The maximum absolute atomic E-state index is 13.6. The third-order valence-electron chi connectivity index (χ3n) is 3.51. The van der Waals surface area contributed by atoms with Crippen LogP contribution >= 0.6 is 11.3 Å². The second-order valence-electron chi connectivity index (χ2n) is 5.42. The Bertz CT molecular complexity index is 980. The van der Waals surface area contributed by atoms with Crippen molar-refractivity contribution >= 4 is 32.0 Å². The highest BCUT2D eigenvalue weighted by molar-refractivity contribution is 7.90. The van der Waals surface area contributed by atoms with E-state index in [-0.39, 0.29) is 10.7 Å². The highest BCUT2D eigenvalue weighted by Crippen LogP contribution is 2.28. The SMILES string of the molecule is Cc1ccc(Nc2nc(-c3ccc(S(C)(=O)=O)cc3)cs2)cc1F. The Morgan fingerprint density at radius 1 is 1.12 bits per heavy atom. The molecule has 3 rings (SSSR count). The Labute approximate surface area is 143 Å². The van der Waals surface area contributed by atoms with Crippen molar-refractivity contribution in [3.8, 4) is 11.3 Å². The van der Waals surface area contributed by atoms with E-state index < -0.39 is 9.84 Å². The molecule has 124 valence electrons. The Morgan fingerprint density at radius 3 is 2.46 bits per heavy atom. The lowest BCUT2D eigenvalue weighted by molar-refractivity contribution is 0.602. The largest absolute Gasteiger partial charge is 0.331 e. The molecule has 0 aliphatic carbocycles. The van der Waals surface area contributed by atoms with Crippen LogP contribution < -0.4 is 5.32 Å². The molecule has 3 aromatic rings. The van der Waals surface area contributed by atoms with E-state index in [0.717, 1.165) is 11.3 Å². The number of benzene rings is 2. The van der Waals surface area contributed by atoms with Gasteiger partial charge in [0.15, 0.2) is 15.0 Å². The van der Waals surface area contributed by atoms with Crippen LogP contribution in [-0.2, 0) is 9.84 Å². The first-order valence-electron chi connectivity index (χ1n) is 7.12. The van der Waals surface area contributed by atoms with E-state index in [1.165, 1.54) is 23.7 Å². The standard InChI is InChI=1S/C17H15FN2O2S2/c1-11-3-6-13(9-15(11)18)19-17-20-16(10-23-17)12-4-7-14(8-5-12)24(2,21)22/h3-10H,1-2H3,(H,19,20). The van der Waals surface area contributed by atoms with Gasteiger partial charge >= 0.3 is 0 Å². The van der Waals surface area contributed by atoms with Crippen LogP contribution in [0.4, 0.5) is 15.2 Å². The Kier molecular flexibility index (Phi) is 4.38. The summed E-state index contributed by atoms with van der Waals surface area (Å²) >= 11 is 1.40. The maximum Gasteiger partial charge on any atom is 0.187 e. The summed E-state index contributed by atoms with van der Waals surface area (Å²) < 4.78 is 36.6. The van der Waals surface area contributed by atoms with Gasteiger partial charge in [0.1, 0.15) is 5.82 Å². The topological polar surface area (TPSA) is 59.1 Å². The van der Waals surface area contributed by atoms with Gasteiger partial charge in [-0.3, -0.25) is 0 Å². The van der Waals surface area contributed by atoms with E-state index in [2.05, 4.69) is 10.3 Å². The zero-order valence-corrected chi connectivity index (χ0v) is 14.7. The lowest BCUT2D eigenvalue weighted by atomic mass is 10.2. The van der Waals surface area contributed by atoms with Crippen LogP contribution in [0.5, 0.6) is 0 Å². The number of hydrogen-bond acceptors (Lipinski definition) is 5. The number of aryl methyl sites for hydroxylation is 1. The maximum atomic E-state index is 13.6. The van der Waals surface area contributed by atoms with Crippen molar-refractivity contribution in [2.45, 2.75) is 11.8 Å². The van der Waals surface area contributed by atoms with Crippen LogP contribution in [0.25, 0.3) is 11.3 Å². The van der Waals surface area contributed by atoms with Crippen LogP contribution in [0.15, 0.2) is 52.7 Å². The molecule has 0 saturated heterocycles. The predicted molar refractivity (Wildman–Crippen MR) is 95.1 cm³/mol. The number of halogens is 1. The van der Waals surface area contributed by atoms with Gasteiger partial charge in [-0.25, -0.2) is 17.8 Å². The molecule has 2 aromatic carbocycles. The second-order valence-corrected chi connectivity index (χ2v) is 8.30. The lowest BCUT2D eigenvalue weighted by Crippen LogP contribution is -1.96. The highest BCUT2D eigenvalue weighted by Gasteiger charge is 2.09. The molecule has 0 spiro atoms. The Hall–Kier alpha value is -2.25. The minimum Gasteiger partial charge on any atom is -0.331 e. The average Bonchev–Trinajstić information content (AvgIpc) is 2.99. The molecule has 0 amide bonds. The number of thiazole rings is 1. The van der Waals surface area contributed by atoms with Gasteiger partial charge in [0.25, 0.3) is 0 Å². The first-order valence-corrected chi connectivity index (χ1v) is 9.89. The molecule has 0 unspecified atom stereocenters. The number of rotatable bonds is 4. The molecule has 24 heavy (non-hydrogen) atoms. The normalized spacial score (nSPS) is 11.5. The van der Waals surface area contributed by atoms with Gasteiger partial charge < -0.3 is 5.32 Å². The quantitative estimate of drug-likeness (QED) is 0.747. The molecule has 1 aromatic heterocycles. The zero-order valence-electron chi connectivity index (χ0n) is 13.1. The molecule has 7 heteroatoms. The first-order chi connectivity index (χ1) is 11.3. The summed E-state index contributed by atoms with van der Waals surface area (Å²) in [6.45, 7) is 1.71. The van der Waals surface area contributed by atoms with Crippen LogP contribution in [0, 0.1) is 12.7 Å². The van der Waals surface area contributed by atoms with E-state index in [9.17, 15) is 12.8 Å². The van der Waals surface area contributed by atoms with Crippen molar-refractivity contribution in [2.24, 2.45) is 0 Å². The number of hydrogen-bond donors (Lipinski definition) is 1. The minimum atomic E-state index is -3.21. The lowest BCUT2D eigenvalue weighted by Gasteiger charge is -2.04. The summed E-state index contributed by atoms with van der Waals surface area (Å²) in [5, 5.41) is 5.57. The Balaban J connectivity index is 1.81. The third kappa shape index (κ3) is 3.63. The van der Waals surface area contributed by atoms with Gasteiger partial charge in [-0.15, -0.1) is 11.3 Å². The number of sulfone groups is 1. The van der Waals surface area contributed by atoms with E-state index in [4.69, 9.17) is 0 Å². The molecule has 0 saturated carbocycles.